The zero-order valence-corrected chi connectivity index (χ0v) is 14.5. The van der Waals surface area contributed by atoms with Crippen LogP contribution in [-0.4, -0.2) is 32.4 Å². The van der Waals surface area contributed by atoms with Crippen molar-refractivity contribution in [2.45, 2.75) is 32.9 Å². The summed E-state index contributed by atoms with van der Waals surface area (Å²) in [4.78, 5) is 12.1. The van der Waals surface area contributed by atoms with Crippen LogP contribution in [0.5, 0.6) is 0 Å². The largest absolute Gasteiger partial charge is 0.297 e. The Balaban J connectivity index is 1.72. The van der Waals surface area contributed by atoms with E-state index in [0.29, 0.717) is 11.2 Å². The SMILES string of the molecule is Cc1ccnc(C[C@H](C)N(C)Cc2c(Cl)nc3sccn23)c1. The number of pyridine rings is 1. The highest BCUT2D eigenvalue weighted by molar-refractivity contribution is 7.15. The molecule has 3 aromatic rings. The Morgan fingerprint density at radius 3 is 3.05 bits per heavy atom. The highest BCUT2D eigenvalue weighted by Crippen LogP contribution is 2.23. The number of imidazole rings is 1. The molecule has 4 nitrogen and oxygen atoms in total. The third kappa shape index (κ3) is 3.16. The lowest BCUT2D eigenvalue weighted by atomic mass is 10.1. The third-order valence-electron chi connectivity index (χ3n) is 3.94. The van der Waals surface area contributed by atoms with E-state index in [-0.39, 0.29) is 0 Å². The number of rotatable bonds is 5. The molecule has 3 heterocycles. The molecule has 0 radical (unpaired) electrons. The topological polar surface area (TPSA) is 33.4 Å². The van der Waals surface area contributed by atoms with Gasteiger partial charge in [0.15, 0.2) is 10.1 Å². The second kappa shape index (κ2) is 6.36. The molecule has 0 N–H and O–H groups in total. The first-order valence-corrected chi connectivity index (χ1v) is 8.52. The molecular weight excluding hydrogens is 316 g/mol. The fraction of sp³-hybridized carbons (Fsp3) is 0.375. The van der Waals surface area contributed by atoms with Crippen LogP contribution in [0.3, 0.4) is 0 Å². The summed E-state index contributed by atoms with van der Waals surface area (Å²) in [7, 11) is 2.11. The number of likely N-dealkylation sites (N-methyl/N-ethyl adjacent to an activating group) is 1. The molecule has 3 aromatic heterocycles. The van der Waals surface area contributed by atoms with Gasteiger partial charge < -0.3 is 0 Å². The van der Waals surface area contributed by atoms with Gasteiger partial charge in [0.25, 0.3) is 0 Å². The fourth-order valence-electron chi connectivity index (χ4n) is 2.51. The predicted molar refractivity (Wildman–Crippen MR) is 91.7 cm³/mol. The van der Waals surface area contributed by atoms with Crippen molar-refractivity contribution in [1.82, 2.24) is 19.3 Å². The van der Waals surface area contributed by atoms with Crippen LogP contribution >= 0.6 is 22.9 Å². The number of thiazole rings is 1. The van der Waals surface area contributed by atoms with E-state index in [4.69, 9.17) is 11.6 Å². The van der Waals surface area contributed by atoms with E-state index < -0.39 is 0 Å². The Labute approximate surface area is 139 Å². The number of aromatic nitrogens is 3. The Morgan fingerprint density at radius 2 is 2.27 bits per heavy atom. The average Bonchev–Trinajstić information content (AvgIpc) is 3.02. The van der Waals surface area contributed by atoms with Crippen LogP contribution in [0.2, 0.25) is 5.15 Å². The molecule has 0 bridgehead atoms. The van der Waals surface area contributed by atoms with Crippen molar-refractivity contribution < 1.29 is 0 Å². The molecule has 116 valence electrons. The number of fused-ring (bicyclic) bond motifs is 1. The highest BCUT2D eigenvalue weighted by atomic mass is 35.5. The summed E-state index contributed by atoms with van der Waals surface area (Å²) < 4.78 is 2.07. The van der Waals surface area contributed by atoms with E-state index in [1.807, 2.05) is 23.8 Å². The summed E-state index contributed by atoms with van der Waals surface area (Å²) in [6.07, 6.45) is 4.82. The molecule has 0 aliphatic heterocycles. The normalized spacial score (nSPS) is 13.1. The van der Waals surface area contributed by atoms with Gasteiger partial charge in [-0.3, -0.25) is 14.3 Å². The lowest BCUT2D eigenvalue weighted by Gasteiger charge is -2.24. The van der Waals surface area contributed by atoms with Crippen molar-refractivity contribution in [3.63, 3.8) is 0 Å². The summed E-state index contributed by atoms with van der Waals surface area (Å²) in [6, 6.07) is 4.54. The molecule has 0 fully saturated rings. The van der Waals surface area contributed by atoms with Gasteiger partial charge in [-0.25, -0.2) is 4.98 Å². The van der Waals surface area contributed by atoms with Gasteiger partial charge in [0.1, 0.15) is 0 Å². The predicted octanol–water partition coefficient (Wildman–Crippen LogP) is 3.82. The molecule has 22 heavy (non-hydrogen) atoms. The Hall–Kier alpha value is -1.43. The van der Waals surface area contributed by atoms with E-state index in [1.165, 1.54) is 5.56 Å². The zero-order valence-electron chi connectivity index (χ0n) is 13.0. The first kappa shape index (κ1) is 15.5. The van der Waals surface area contributed by atoms with Gasteiger partial charge in [0.05, 0.1) is 5.69 Å². The van der Waals surface area contributed by atoms with E-state index in [2.05, 4.69) is 46.2 Å². The second-order valence-electron chi connectivity index (χ2n) is 5.70. The minimum absolute atomic E-state index is 0.370. The maximum atomic E-state index is 6.27. The summed E-state index contributed by atoms with van der Waals surface area (Å²) in [5, 5.41) is 2.63. The van der Waals surface area contributed by atoms with Gasteiger partial charge >= 0.3 is 0 Å². The maximum Gasteiger partial charge on any atom is 0.195 e. The molecule has 0 saturated heterocycles. The van der Waals surface area contributed by atoms with Crippen LogP contribution in [0, 0.1) is 6.92 Å². The minimum atomic E-state index is 0.370. The number of hydrogen-bond donors (Lipinski definition) is 0. The van der Waals surface area contributed by atoms with Crippen molar-refractivity contribution in [3.05, 3.63) is 52.0 Å². The standard InChI is InChI=1S/C16H19ClN4S/c1-11-4-5-18-13(8-11)9-12(2)20(3)10-14-15(17)19-16-21(14)6-7-22-16/h4-8,12H,9-10H2,1-3H3/t12-/m0/s1. The Kier molecular flexibility index (Phi) is 4.47. The Morgan fingerprint density at radius 1 is 1.45 bits per heavy atom. The quantitative estimate of drug-likeness (QED) is 0.711. The number of hydrogen-bond acceptors (Lipinski definition) is 4. The lowest BCUT2D eigenvalue weighted by Crippen LogP contribution is -2.31. The van der Waals surface area contributed by atoms with Gasteiger partial charge in [-0.1, -0.05) is 11.6 Å². The number of halogens is 1. The van der Waals surface area contributed by atoms with Gasteiger partial charge in [-0.2, -0.15) is 0 Å². The molecule has 1 atom stereocenters. The van der Waals surface area contributed by atoms with E-state index in [9.17, 15) is 0 Å². The molecule has 0 aromatic carbocycles. The molecule has 0 saturated carbocycles. The van der Waals surface area contributed by atoms with E-state index in [0.717, 1.165) is 29.3 Å². The average molecular weight is 335 g/mol. The van der Waals surface area contributed by atoms with Crippen LogP contribution in [0.25, 0.3) is 4.96 Å². The van der Waals surface area contributed by atoms with Gasteiger partial charge in [0, 0.05) is 42.5 Å². The van der Waals surface area contributed by atoms with E-state index >= 15 is 0 Å². The molecular formula is C16H19ClN4S. The van der Waals surface area contributed by atoms with Crippen molar-refractivity contribution in [2.75, 3.05) is 7.05 Å². The lowest BCUT2D eigenvalue weighted by molar-refractivity contribution is 0.243. The summed E-state index contributed by atoms with van der Waals surface area (Å²) >= 11 is 7.88. The Bertz CT molecular complexity index is 779. The van der Waals surface area contributed by atoms with Crippen molar-refractivity contribution in [1.29, 1.82) is 0 Å². The van der Waals surface area contributed by atoms with Crippen molar-refractivity contribution >= 4 is 27.9 Å². The third-order valence-corrected chi connectivity index (χ3v) is 5.00. The second-order valence-corrected chi connectivity index (χ2v) is 6.93. The molecule has 6 heteroatoms. The smallest absolute Gasteiger partial charge is 0.195 e. The maximum absolute atomic E-state index is 6.27. The van der Waals surface area contributed by atoms with Crippen molar-refractivity contribution in [2.24, 2.45) is 0 Å². The van der Waals surface area contributed by atoms with Gasteiger partial charge in [-0.05, 0) is 38.6 Å². The molecule has 0 amide bonds. The molecule has 0 aliphatic rings. The zero-order chi connectivity index (χ0) is 15.7. The molecule has 0 spiro atoms. The first-order chi connectivity index (χ1) is 10.5. The number of aryl methyl sites for hydroxylation is 1. The molecule has 3 rings (SSSR count). The summed E-state index contributed by atoms with van der Waals surface area (Å²) in [5.74, 6) is 0. The van der Waals surface area contributed by atoms with Gasteiger partial charge in [0.2, 0.25) is 0 Å². The molecule has 0 aliphatic carbocycles. The monoisotopic (exact) mass is 334 g/mol. The highest BCUT2D eigenvalue weighted by Gasteiger charge is 2.17. The van der Waals surface area contributed by atoms with Crippen LogP contribution in [0.1, 0.15) is 23.9 Å². The fourth-order valence-corrected chi connectivity index (χ4v) is 3.52. The summed E-state index contributed by atoms with van der Waals surface area (Å²) in [6.45, 7) is 5.08. The number of nitrogens with zero attached hydrogens (tertiary/aromatic N) is 4. The van der Waals surface area contributed by atoms with Crippen LogP contribution in [-0.2, 0) is 13.0 Å². The van der Waals surface area contributed by atoms with Crippen LogP contribution in [0.15, 0.2) is 29.9 Å². The van der Waals surface area contributed by atoms with Crippen LogP contribution in [0.4, 0.5) is 0 Å². The van der Waals surface area contributed by atoms with Crippen LogP contribution < -0.4 is 0 Å². The summed E-state index contributed by atoms with van der Waals surface area (Å²) in [5.41, 5.74) is 3.42. The van der Waals surface area contributed by atoms with Gasteiger partial charge in [-0.15, -0.1) is 11.3 Å². The first-order valence-electron chi connectivity index (χ1n) is 7.26. The van der Waals surface area contributed by atoms with E-state index in [1.54, 1.807) is 11.3 Å². The van der Waals surface area contributed by atoms with Crippen molar-refractivity contribution in [3.8, 4) is 0 Å². The minimum Gasteiger partial charge on any atom is -0.297 e. The molecule has 0 unspecified atom stereocenters.